The summed E-state index contributed by atoms with van der Waals surface area (Å²) < 4.78 is 0. The molecule has 2 heterocycles. The van der Waals surface area contributed by atoms with E-state index in [9.17, 15) is 4.79 Å². The van der Waals surface area contributed by atoms with E-state index in [4.69, 9.17) is 6.42 Å². The average molecular weight is 304 g/mol. The minimum atomic E-state index is -0.168. The van der Waals surface area contributed by atoms with Crippen LogP contribution in [-0.4, -0.2) is 68.1 Å². The number of nitrogens with zero attached hydrogens (tertiary/aromatic N) is 6. The number of aromatic nitrogens is 4. The van der Waals surface area contributed by atoms with Crippen LogP contribution in [0.5, 0.6) is 0 Å². The highest BCUT2D eigenvalue weighted by molar-refractivity contribution is 5.75. The topological polar surface area (TPSA) is 67.2 Å². The quantitative estimate of drug-likeness (QED) is 0.743. The number of carbonyl (C=O) groups excluding carboxylic acids is 1. The smallest absolute Gasteiger partial charge is 0.246 e. The maximum absolute atomic E-state index is 12.3. The van der Waals surface area contributed by atoms with E-state index in [1.807, 2.05) is 32.6 Å². The van der Waals surface area contributed by atoms with Crippen LogP contribution in [0.4, 0.5) is 0 Å². The number of tetrazole rings is 1. The molecule has 1 saturated heterocycles. The molecule has 120 valence electrons. The summed E-state index contributed by atoms with van der Waals surface area (Å²) in [5.74, 6) is 3.39. The zero-order chi connectivity index (χ0) is 16.3. The molecular weight excluding hydrogens is 280 g/mol. The molecule has 2 rings (SSSR count). The molecule has 1 amide bonds. The summed E-state index contributed by atoms with van der Waals surface area (Å²) >= 11 is 0. The van der Waals surface area contributed by atoms with Crippen LogP contribution < -0.4 is 0 Å². The van der Waals surface area contributed by atoms with Crippen LogP contribution in [0.15, 0.2) is 0 Å². The van der Waals surface area contributed by atoms with Crippen molar-refractivity contribution < 1.29 is 4.79 Å². The van der Waals surface area contributed by atoms with Crippen LogP contribution in [0.1, 0.15) is 33.5 Å². The van der Waals surface area contributed by atoms with Crippen LogP contribution in [0.2, 0.25) is 0 Å². The lowest BCUT2D eigenvalue weighted by atomic mass is 9.96. The summed E-state index contributed by atoms with van der Waals surface area (Å²) in [6, 6.07) is 0.114. The fourth-order valence-electron chi connectivity index (χ4n) is 2.30. The molecule has 1 fully saturated rings. The Morgan fingerprint density at radius 2 is 1.95 bits per heavy atom. The molecule has 1 unspecified atom stereocenters. The van der Waals surface area contributed by atoms with Gasteiger partial charge in [-0.2, -0.15) is 4.80 Å². The van der Waals surface area contributed by atoms with Gasteiger partial charge >= 0.3 is 0 Å². The third kappa shape index (κ3) is 3.83. The molecule has 0 aliphatic carbocycles. The fourth-order valence-corrected chi connectivity index (χ4v) is 2.30. The second-order valence-electron chi connectivity index (χ2n) is 6.65. The van der Waals surface area contributed by atoms with Gasteiger partial charge in [-0.3, -0.25) is 9.69 Å². The molecule has 0 N–H and O–H groups in total. The van der Waals surface area contributed by atoms with Crippen molar-refractivity contribution in [2.45, 2.75) is 45.7 Å². The first-order valence-corrected chi connectivity index (χ1v) is 7.57. The Bertz CT molecular complexity index is 559. The first-order valence-electron chi connectivity index (χ1n) is 7.57. The Morgan fingerprint density at radius 3 is 2.45 bits per heavy atom. The average Bonchev–Trinajstić information content (AvgIpc) is 2.95. The molecule has 22 heavy (non-hydrogen) atoms. The SMILES string of the molecule is C#CC(C)N1CCN(C(=O)Cn2nnc(C(C)(C)C)n2)CC1. The molecule has 0 bridgehead atoms. The second-order valence-corrected chi connectivity index (χ2v) is 6.65. The number of hydrogen-bond acceptors (Lipinski definition) is 5. The summed E-state index contributed by atoms with van der Waals surface area (Å²) in [5, 5.41) is 12.3. The summed E-state index contributed by atoms with van der Waals surface area (Å²) in [4.78, 5) is 17.7. The predicted octanol–water partition coefficient (Wildman–Crippen LogP) is 0.137. The van der Waals surface area contributed by atoms with Crippen molar-refractivity contribution in [2.24, 2.45) is 0 Å². The van der Waals surface area contributed by atoms with Gasteiger partial charge in [-0.15, -0.1) is 16.6 Å². The van der Waals surface area contributed by atoms with Crippen molar-refractivity contribution >= 4 is 5.91 Å². The summed E-state index contributed by atoms with van der Waals surface area (Å²) in [5.41, 5.74) is -0.168. The van der Waals surface area contributed by atoms with Crippen molar-refractivity contribution in [3.8, 4) is 12.3 Å². The van der Waals surface area contributed by atoms with Crippen LogP contribution >= 0.6 is 0 Å². The van der Waals surface area contributed by atoms with Crippen molar-refractivity contribution in [2.75, 3.05) is 26.2 Å². The lowest BCUT2D eigenvalue weighted by molar-refractivity contribution is -0.134. The van der Waals surface area contributed by atoms with E-state index in [0.717, 1.165) is 13.1 Å². The summed E-state index contributed by atoms with van der Waals surface area (Å²) in [7, 11) is 0. The number of rotatable bonds is 3. The normalized spacial score (nSPS) is 18.0. The number of carbonyl (C=O) groups is 1. The largest absolute Gasteiger partial charge is 0.338 e. The fraction of sp³-hybridized carbons (Fsp3) is 0.733. The van der Waals surface area contributed by atoms with E-state index >= 15 is 0 Å². The zero-order valence-electron chi connectivity index (χ0n) is 13.8. The lowest BCUT2D eigenvalue weighted by Gasteiger charge is -2.36. The Balaban J connectivity index is 1.89. The minimum absolute atomic E-state index is 0.0193. The first kappa shape index (κ1) is 16.4. The molecule has 0 saturated carbocycles. The number of hydrogen-bond donors (Lipinski definition) is 0. The van der Waals surface area contributed by atoms with Gasteiger partial charge in [0.05, 0.1) is 6.04 Å². The van der Waals surface area contributed by atoms with E-state index in [1.165, 1.54) is 4.80 Å². The number of amides is 1. The van der Waals surface area contributed by atoms with E-state index in [2.05, 4.69) is 26.2 Å². The lowest BCUT2D eigenvalue weighted by Crippen LogP contribution is -2.51. The molecule has 7 heteroatoms. The van der Waals surface area contributed by atoms with Crippen LogP contribution in [0.25, 0.3) is 0 Å². The minimum Gasteiger partial charge on any atom is -0.338 e. The molecule has 7 nitrogen and oxygen atoms in total. The van der Waals surface area contributed by atoms with Crippen molar-refractivity contribution in [3.63, 3.8) is 0 Å². The Hall–Kier alpha value is -1.94. The first-order chi connectivity index (χ1) is 10.3. The Morgan fingerprint density at radius 1 is 1.32 bits per heavy atom. The van der Waals surface area contributed by atoms with E-state index in [0.29, 0.717) is 18.9 Å². The molecule has 1 aromatic rings. The van der Waals surface area contributed by atoms with Gasteiger partial charge in [-0.25, -0.2) is 0 Å². The van der Waals surface area contributed by atoms with Gasteiger partial charge in [0, 0.05) is 31.6 Å². The highest BCUT2D eigenvalue weighted by Gasteiger charge is 2.25. The van der Waals surface area contributed by atoms with Gasteiger partial charge < -0.3 is 4.90 Å². The van der Waals surface area contributed by atoms with E-state index in [-0.39, 0.29) is 23.9 Å². The molecular formula is C15H24N6O. The predicted molar refractivity (Wildman–Crippen MR) is 83.0 cm³/mol. The van der Waals surface area contributed by atoms with Crippen LogP contribution in [0.3, 0.4) is 0 Å². The molecule has 1 atom stereocenters. The number of piperazine rings is 1. The van der Waals surface area contributed by atoms with Gasteiger partial charge in [0.25, 0.3) is 0 Å². The van der Waals surface area contributed by atoms with E-state index < -0.39 is 0 Å². The second kappa shape index (κ2) is 6.44. The highest BCUT2D eigenvalue weighted by atomic mass is 16.2. The van der Waals surface area contributed by atoms with Crippen LogP contribution in [-0.2, 0) is 16.8 Å². The molecule has 1 aliphatic heterocycles. The zero-order valence-corrected chi connectivity index (χ0v) is 13.8. The van der Waals surface area contributed by atoms with E-state index in [1.54, 1.807) is 0 Å². The Kier molecular flexibility index (Phi) is 4.81. The third-order valence-electron chi connectivity index (χ3n) is 3.86. The van der Waals surface area contributed by atoms with Crippen molar-refractivity contribution in [1.29, 1.82) is 0 Å². The standard InChI is InChI=1S/C15H24N6O/c1-6-12(2)19-7-9-20(10-8-19)13(22)11-21-17-14(16-18-21)15(3,4)5/h1,12H,7-11H2,2-5H3. The molecule has 1 aromatic heterocycles. The van der Waals surface area contributed by atoms with Crippen molar-refractivity contribution in [3.05, 3.63) is 5.82 Å². The molecule has 1 aliphatic rings. The third-order valence-corrected chi connectivity index (χ3v) is 3.86. The maximum atomic E-state index is 12.3. The van der Waals surface area contributed by atoms with Gasteiger partial charge in [0.1, 0.15) is 6.54 Å². The van der Waals surface area contributed by atoms with Crippen molar-refractivity contribution in [1.82, 2.24) is 30.0 Å². The summed E-state index contributed by atoms with van der Waals surface area (Å²) in [6.07, 6.45) is 5.44. The molecule has 0 aromatic carbocycles. The van der Waals surface area contributed by atoms with Gasteiger partial charge in [-0.05, 0) is 12.1 Å². The molecule has 0 spiro atoms. The highest BCUT2D eigenvalue weighted by Crippen LogP contribution is 2.16. The van der Waals surface area contributed by atoms with Gasteiger partial charge in [-0.1, -0.05) is 26.7 Å². The summed E-state index contributed by atoms with van der Waals surface area (Å²) in [6.45, 7) is 11.2. The monoisotopic (exact) mass is 304 g/mol. The van der Waals surface area contributed by atoms with Crippen LogP contribution in [0, 0.1) is 12.3 Å². The maximum Gasteiger partial charge on any atom is 0.246 e. The number of terminal acetylenes is 1. The Labute approximate surface area is 131 Å². The van der Waals surface area contributed by atoms with Gasteiger partial charge in [0.15, 0.2) is 5.82 Å². The van der Waals surface area contributed by atoms with Gasteiger partial charge in [0.2, 0.25) is 5.91 Å². The molecule has 0 radical (unpaired) electrons.